The van der Waals surface area contributed by atoms with Crippen molar-refractivity contribution >= 4 is 21.6 Å². The molecule has 1 aromatic carbocycles. The van der Waals surface area contributed by atoms with Gasteiger partial charge in [-0.15, -0.1) is 0 Å². The summed E-state index contributed by atoms with van der Waals surface area (Å²) in [6, 6.07) is 7.37. The first-order valence-electron chi connectivity index (χ1n) is 7.30. The lowest BCUT2D eigenvalue weighted by Gasteiger charge is -2.31. The van der Waals surface area contributed by atoms with Crippen LogP contribution in [-0.2, 0) is 6.42 Å². The number of anilines is 1. The van der Waals surface area contributed by atoms with Crippen molar-refractivity contribution in [3.8, 4) is 0 Å². The third-order valence-electron chi connectivity index (χ3n) is 3.92. The van der Waals surface area contributed by atoms with E-state index in [4.69, 9.17) is 5.73 Å². The largest absolute Gasteiger partial charge is 0.371 e. The molecule has 0 spiro atoms. The zero-order valence-corrected chi connectivity index (χ0v) is 14.2. The minimum Gasteiger partial charge on any atom is -0.371 e. The minimum absolute atomic E-state index is 0.245. The van der Waals surface area contributed by atoms with Crippen molar-refractivity contribution < 1.29 is 0 Å². The van der Waals surface area contributed by atoms with Gasteiger partial charge in [0, 0.05) is 29.3 Å². The Bertz CT molecular complexity index is 388. The maximum atomic E-state index is 6.12. The molecule has 0 aromatic heterocycles. The van der Waals surface area contributed by atoms with E-state index in [9.17, 15) is 0 Å². The fraction of sp³-hybridized carbons (Fsp3) is 0.625. The smallest absolute Gasteiger partial charge is 0.0410 e. The van der Waals surface area contributed by atoms with Gasteiger partial charge in [0.15, 0.2) is 0 Å². The molecule has 0 fully saturated rings. The van der Waals surface area contributed by atoms with Crippen LogP contribution in [0.2, 0.25) is 0 Å². The van der Waals surface area contributed by atoms with E-state index in [2.05, 4.69) is 66.8 Å². The standard InChI is InChI=1S/C16H27BrN2/c1-5-14(18)10-12-8-9-13(17)11-16(12)19(4)15(6-2)7-3/h8-9,11,14-15H,5-7,10,18H2,1-4H3. The first-order valence-corrected chi connectivity index (χ1v) is 8.09. The molecule has 0 aliphatic rings. The molecule has 108 valence electrons. The molecule has 0 saturated heterocycles. The molecule has 1 atom stereocenters. The Labute approximate surface area is 126 Å². The highest BCUT2D eigenvalue weighted by molar-refractivity contribution is 9.10. The summed E-state index contributed by atoms with van der Waals surface area (Å²) >= 11 is 3.58. The van der Waals surface area contributed by atoms with E-state index in [1.807, 2.05) is 0 Å². The lowest BCUT2D eigenvalue weighted by atomic mass is 10.0. The van der Waals surface area contributed by atoms with Gasteiger partial charge in [0.05, 0.1) is 0 Å². The van der Waals surface area contributed by atoms with Gasteiger partial charge in [0.1, 0.15) is 0 Å². The lowest BCUT2D eigenvalue weighted by Crippen LogP contribution is -2.32. The molecule has 0 heterocycles. The van der Waals surface area contributed by atoms with Gasteiger partial charge in [-0.1, -0.05) is 42.8 Å². The van der Waals surface area contributed by atoms with Crippen LogP contribution in [-0.4, -0.2) is 19.1 Å². The summed E-state index contributed by atoms with van der Waals surface area (Å²) in [6.45, 7) is 6.65. The van der Waals surface area contributed by atoms with Gasteiger partial charge in [0.2, 0.25) is 0 Å². The van der Waals surface area contributed by atoms with Crippen LogP contribution in [0.15, 0.2) is 22.7 Å². The molecule has 1 unspecified atom stereocenters. The Kier molecular flexibility index (Phi) is 6.87. The van der Waals surface area contributed by atoms with Gasteiger partial charge >= 0.3 is 0 Å². The van der Waals surface area contributed by atoms with Crippen molar-refractivity contribution in [3.63, 3.8) is 0 Å². The summed E-state index contributed by atoms with van der Waals surface area (Å²) in [7, 11) is 2.19. The highest BCUT2D eigenvalue weighted by Crippen LogP contribution is 2.28. The van der Waals surface area contributed by atoms with Crippen LogP contribution in [0.25, 0.3) is 0 Å². The molecule has 19 heavy (non-hydrogen) atoms. The normalized spacial score (nSPS) is 12.8. The number of rotatable bonds is 7. The zero-order chi connectivity index (χ0) is 14.4. The molecule has 2 nitrogen and oxygen atoms in total. The van der Waals surface area contributed by atoms with E-state index in [1.165, 1.54) is 24.1 Å². The molecule has 0 radical (unpaired) electrons. The quantitative estimate of drug-likeness (QED) is 0.806. The summed E-state index contributed by atoms with van der Waals surface area (Å²) in [4.78, 5) is 2.41. The Morgan fingerprint density at radius 1 is 1.16 bits per heavy atom. The molecule has 0 bridgehead atoms. The minimum atomic E-state index is 0.245. The predicted octanol–water partition coefficient (Wildman–Crippen LogP) is 4.35. The molecule has 0 aliphatic carbocycles. The lowest BCUT2D eigenvalue weighted by molar-refractivity contribution is 0.586. The van der Waals surface area contributed by atoms with Crippen LogP contribution < -0.4 is 10.6 Å². The number of halogens is 1. The van der Waals surface area contributed by atoms with E-state index in [0.29, 0.717) is 6.04 Å². The van der Waals surface area contributed by atoms with Crippen LogP contribution in [0.5, 0.6) is 0 Å². The molecule has 3 heteroatoms. The summed E-state index contributed by atoms with van der Waals surface area (Å²) in [5.74, 6) is 0. The van der Waals surface area contributed by atoms with Gasteiger partial charge in [-0.3, -0.25) is 0 Å². The molecule has 1 rings (SSSR count). The third-order valence-corrected chi connectivity index (χ3v) is 4.42. The SMILES string of the molecule is CCC(N)Cc1ccc(Br)cc1N(C)C(CC)CC. The predicted molar refractivity (Wildman–Crippen MR) is 88.9 cm³/mol. The van der Waals surface area contributed by atoms with Crippen molar-refractivity contribution in [2.45, 2.75) is 58.5 Å². The van der Waals surface area contributed by atoms with Gasteiger partial charge in [-0.05, 0) is 43.4 Å². The summed E-state index contributed by atoms with van der Waals surface area (Å²) in [5, 5.41) is 0. The third kappa shape index (κ3) is 4.50. The van der Waals surface area contributed by atoms with Crippen LogP contribution in [0.4, 0.5) is 5.69 Å². The maximum Gasteiger partial charge on any atom is 0.0410 e. The monoisotopic (exact) mass is 326 g/mol. The van der Waals surface area contributed by atoms with Crippen molar-refractivity contribution in [2.75, 3.05) is 11.9 Å². The number of nitrogens with zero attached hydrogens (tertiary/aromatic N) is 1. The number of benzene rings is 1. The molecule has 2 N–H and O–H groups in total. The van der Waals surface area contributed by atoms with Gasteiger partial charge in [-0.2, -0.15) is 0 Å². The Morgan fingerprint density at radius 2 is 1.79 bits per heavy atom. The van der Waals surface area contributed by atoms with Crippen LogP contribution in [0, 0.1) is 0 Å². The molecular weight excluding hydrogens is 300 g/mol. The second-order valence-electron chi connectivity index (χ2n) is 5.23. The fourth-order valence-corrected chi connectivity index (χ4v) is 2.85. The van der Waals surface area contributed by atoms with Crippen molar-refractivity contribution in [3.05, 3.63) is 28.2 Å². The topological polar surface area (TPSA) is 29.3 Å². The Balaban J connectivity index is 3.05. The Hall–Kier alpha value is -0.540. The van der Waals surface area contributed by atoms with E-state index >= 15 is 0 Å². The van der Waals surface area contributed by atoms with E-state index in [0.717, 1.165) is 17.3 Å². The average molecular weight is 327 g/mol. The second-order valence-corrected chi connectivity index (χ2v) is 6.14. The number of nitrogens with two attached hydrogens (primary N) is 1. The highest BCUT2D eigenvalue weighted by atomic mass is 79.9. The average Bonchev–Trinajstić information content (AvgIpc) is 2.41. The van der Waals surface area contributed by atoms with Crippen molar-refractivity contribution in [1.82, 2.24) is 0 Å². The molecule has 1 aromatic rings. The van der Waals surface area contributed by atoms with Crippen LogP contribution >= 0.6 is 15.9 Å². The van der Waals surface area contributed by atoms with Crippen molar-refractivity contribution in [2.24, 2.45) is 5.73 Å². The van der Waals surface area contributed by atoms with Gasteiger partial charge in [-0.25, -0.2) is 0 Å². The second kappa shape index (κ2) is 7.91. The molecule has 0 saturated carbocycles. The van der Waals surface area contributed by atoms with Crippen LogP contribution in [0.1, 0.15) is 45.6 Å². The van der Waals surface area contributed by atoms with E-state index in [-0.39, 0.29) is 6.04 Å². The van der Waals surface area contributed by atoms with E-state index in [1.54, 1.807) is 0 Å². The number of hydrogen-bond acceptors (Lipinski definition) is 2. The molecule has 0 amide bonds. The van der Waals surface area contributed by atoms with Crippen LogP contribution in [0.3, 0.4) is 0 Å². The summed E-state index contributed by atoms with van der Waals surface area (Å²) < 4.78 is 1.13. The Morgan fingerprint density at radius 3 is 2.32 bits per heavy atom. The summed E-state index contributed by atoms with van der Waals surface area (Å²) in [6.07, 6.45) is 4.30. The van der Waals surface area contributed by atoms with E-state index < -0.39 is 0 Å². The van der Waals surface area contributed by atoms with Gasteiger partial charge < -0.3 is 10.6 Å². The summed E-state index contributed by atoms with van der Waals surface area (Å²) in [5.41, 5.74) is 8.79. The van der Waals surface area contributed by atoms with Gasteiger partial charge in [0.25, 0.3) is 0 Å². The first kappa shape index (κ1) is 16.5. The first-order chi connectivity index (χ1) is 9.03. The highest BCUT2D eigenvalue weighted by Gasteiger charge is 2.16. The zero-order valence-electron chi connectivity index (χ0n) is 12.6. The van der Waals surface area contributed by atoms with Crippen molar-refractivity contribution in [1.29, 1.82) is 0 Å². The number of hydrogen-bond donors (Lipinski definition) is 1. The molecular formula is C16H27BrN2. The fourth-order valence-electron chi connectivity index (χ4n) is 2.50. The maximum absolute atomic E-state index is 6.12. The molecule has 0 aliphatic heterocycles.